The lowest BCUT2D eigenvalue weighted by molar-refractivity contribution is 0.471. The summed E-state index contributed by atoms with van der Waals surface area (Å²) < 4.78 is 1.38. The topological polar surface area (TPSA) is 79.2 Å². The molecule has 3 aromatic heterocycles. The first-order valence-corrected chi connectivity index (χ1v) is 7.75. The summed E-state index contributed by atoms with van der Waals surface area (Å²) in [4.78, 5) is 18.9. The molecule has 3 aromatic rings. The highest BCUT2D eigenvalue weighted by atomic mass is 32.1. The largest absolute Gasteiger partial charge is 0.339 e. The number of hydrogen-bond acceptors (Lipinski definition) is 6. The fraction of sp³-hybridized carbons (Fsp3) is 0.385. The molecule has 4 heterocycles. The summed E-state index contributed by atoms with van der Waals surface area (Å²) in [6, 6.07) is 1.69. The lowest BCUT2D eigenvalue weighted by Gasteiger charge is -2.34. The Bertz CT molecular complexity index is 808. The molecule has 7 nitrogen and oxygen atoms in total. The van der Waals surface area contributed by atoms with Gasteiger partial charge in [-0.1, -0.05) is 11.3 Å². The maximum atomic E-state index is 11.8. The number of fused-ring (bicyclic) bond motifs is 1. The van der Waals surface area contributed by atoms with E-state index in [1.807, 2.05) is 12.4 Å². The van der Waals surface area contributed by atoms with Crippen LogP contribution in [0.5, 0.6) is 0 Å². The maximum Gasteiger partial charge on any atom is 0.275 e. The molecular weight excluding hydrogens is 288 g/mol. The highest BCUT2D eigenvalue weighted by molar-refractivity contribution is 7.20. The molecular formula is C13H14N6OS. The van der Waals surface area contributed by atoms with E-state index in [9.17, 15) is 4.79 Å². The van der Waals surface area contributed by atoms with E-state index < -0.39 is 0 Å². The monoisotopic (exact) mass is 302 g/mol. The van der Waals surface area contributed by atoms with Gasteiger partial charge in [-0.2, -0.15) is 9.61 Å². The van der Waals surface area contributed by atoms with Crippen LogP contribution >= 0.6 is 11.3 Å². The first kappa shape index (κ1) is 12.5. The zero-order chi connectivity index (χ0) is 14.2. The van der Waals surface area contributed by atoms with E-state index in [4.69, 9.17) is 0 Å². The molecule has 1 saturated heterocycles. The molecule has 1 aliphatic heterocycles. The number of anilines is 1. The van der Waals surface area contributed by atoms with Gasteiger partial charge in [0, 0.05) is 30.6 Å². The van der Waals surface area contributed by atoms with Crippen LogP contribution in [0.15, 0.2) is 29.5 Å². The molecule has 0 bridgehead atoms. The minimum absolute atomic E-state index is 0.139. The molecule has 108 valence electrons. The van der Waals surface area contributed by atoms with Crippen molar-refractivity contribution < 1.29 is 0 Å². The summed E-state index contributed by atoms with van der Waals surface area (Å²) in [6.45, 7) is 0.935. The number of H-pyrrole nitrogens is 1. The van der Waals surface area contributed by atoms with Crippen molar-refractivity contribution in [1.82, 2.24) is 24.8 Å². The van der Waals surface area contributed by atoms with Crippen molar-refractivity contribution in [3.05, 3.63) is 40.6 Å². The molecule has 1 fully saturated rings. The highest BCUT2D eigenvalue weighted by Gasteiger charge is 2.27. The van der Waals surface area contributed by atoms with Crippen LogP contribution < -0.4 is 10.5 Å². The molecule has 4 rings (SSSR count). The molecule has 0 unspecified atom stereocenters. The van der Waals surface area contributed by atoms with Gasteiger partial charge in [-0.05, 0) is 19.3 Å². The summed E-state index contributed by atoms with van der Waals surface area (Å²) >= 11 is 1.46. The molecule has 1 atom stereocenters. The van der Waals surface area contributed by atoms with Gasteiger partial charge < -0.3 is 4.90 Å². The lowest BCUT2D eigenvalue weighted by atomic mass is 9.98. The standard InChI is InChI=1S/C13H14N6OS/c20-11-4-5-14-12-19(11)17-13(21-12)18-6-2-1-3-10(18)9-7-15-16-8-9/h4-5,7-8,10H,1-3,6H2,(H,15,16)/t10-/m1/s1. The van der Waals surface area contributed by atoms with E-state index in [1.165, 1.54) is 34.5 Å². The number of nitrogens with zero attached hydrogens (tertiary/aromatic N) is 5. The van der Waals surface area contributed by atoms with Gasteiger partial charge in [0.05, 0.1) is 12.2 Å². The third-order valence-corrected chi connectivity index (χ3v) is 4.77. The lowest BCUT2D eigenvalue weighted by Crippen LogP contribution is -2.33. The first-order valence-electron chi connectivity index (χ1n) is 6.93. The molecule has 1 N–H and O–H groups in total. The van der Waals surface area contributed by atoms with E-state index in [1.54, 1.807) is 0 Å². The molecule has 8 heteroatoms. The van der Waals surface area contributed by atoms with E-state index in [-0.39, 0.29) is 11.6 Å². The summed E-state index contributed by atoms with van der Waals surface area (Å²) in [5.41, 5.74) is 1.02. The highest BCUT2D eigenvalue weighted by Crippen LogP contribution is 2.36. The van der Waals surface area contributed by atoms with Crippen LogP contribution in [0.4, 0.5) is 5.13 Å². The first-order chi connectivity index (χ1) is 10.3. The van der Waals surface area contributed by atoms with Crippen LogP contribution in [0.25, 0.3) is 4.96 Å². The number of aromatic amines is 1. The fourth-order valence-corrected chi connectivity index (χ4v) is 3.75. The molecule has 0 aromatic carbocycles. The summed E-state index contributed by atoms with van der Waals surface area (Å²) in [7, 11) is 0. The summed E-state index contributed by atoms with van der Waals surface area (Å²) in [5.74, 6) is 0. The smallest absolute Gasteiger partial charge is 0.275 e. The van der Waals surface area contributed by atoms with Crippen molar-refractivity contribution >= 4 is 21.4 Å². The quantitative estimate of drug-likeness (QED) is 0.778. The molecule has 0 radical (unpaired) electrons. The molecule has 21 heavy (non-hydrogen) atoms. The Balaban J connectivity index is 1.78. The van der Waals surface area contributed by atoms with Gasteiger partial charge in [-0.25, -0.2) is 4.98 Å². The van der Waals surface area contributed by atoms with Gasteiger partial charge in [-0.3, -0.25) is 9.89 Å². The number of nitrogens with one attached hydrogen (secondary N) is 1. The Morgan fingerprint density at radius 2 is 2.33 bits per heavy atom. The molecule has 1 aliphatic rings. The normalized spacial score (nSPS) is 19.2. The van der Waals surface area contributed by atoms with Gasteiger partial charge in [0.2, 0.25) is 10.1 Å². The van der Waals surface area contributed by atoms with E-state index in [0.717, 1.165) is 30.1 Å². The zero-order valence-electron chi connectivity index (χ0n) is 11.3. The van der Waals surface area contributed by atoms with Crippen molar-refractivity contribution in [2.75, 3.05) is 11.4 Å². The van der Waals surface area contributed by atoms with Crippen LogP contribution in [0.2, 0.25) is 0 Å². The van der Waals surface area contributed by atoms with E-state index >= 15 is 0 Å². The van der Waals surface area contributed by atoms with Gasteiger partial charge in [-0.15, -0.1) is 5.10 Å². The van der Waals surface area contributed by atoms with Gasteiger partial charge in [0.1, 0.15) is 0 Å². The van der Waals surface area contributed by atoms with Gasteiger partial charge in [0.25, 0.3) is 5.56 Å². The van der Waals surface area contributed by atoms with Crippen molar-refractivity contribution in [3.63, 3.8) is 0 Å². The summed E-state index contributed by atoms with van der Waals surface area (Å²) in [5, 5.41) is 12.2. The van der Waals surface area contributed by atoms with Crippen LogP contribution in [0.1, 0.15) is 30.9 Å². The Morgan fingerprint density at radius 1 is 1.38 bits per heavy atom. The van der Waals surface area contributed by atoms with Crippen molar-refractivity contribution in [3.8, 4) is 0 Å². The zero-order valence-corrected chi connectivity index (χ0v) is 12.1. The number of aromatic nitrogens is 5. The number of piperidine rings is 1. The molecule has 0 saturated carbocycles. The molecule has 0 aliphatic carbocycles. The second-order valence-corrected chi connectivity index (χ2v) is 6.03. The Labute approximate surface area is 124 Å². The third kappa shape index (κ3) is 2.11. The van der Waals surface area contributed by atoms with Crippen molar-refractivity contribution in [1.29, 1.82) is 0 Å². The van der Waals surface area contributed by atoms with E-state index in [2.05, 4.69) is 25.2 Å². The average molecular weight is 302 g/mol. The van der Waals surface area contributed by atoms with Crippen molar-refractivity contribution in [2.24, 2.45) is 0 Å². The van der Waals surface area contributed by atoms with Gasteiger partial charge in [0.15, 0.2) is 0 Å². The van der Waals surface area contributed by atoms with Crippen LogP contribution in [0, 0.1) is 0 Å². The van der Waals surface area contributed by atoms with E-state index in [0.29, 0.717) is 4.96 Å². The minimum Gasteiger partial charge on any atom is -0.339 e. The van der Waals surface area contributed by atoms with Crippen LogP contribution in [-0.4, -0.2) is 31.3 Å². The molecule has 0 spiro atoms. The van der Waals surface area contributed by atoms with Crippen LogP contribution in [-0.2, 0) is 0 Å². The predicted molar refractivity (Wildman–Crippen MR) is 79.7 cm³/mol. The fourth-order valence-electron chi connectivity index (χ4n) is 2.80. The van der Waals surface area contributed by atoms with Crippen molar-refractivity contribution in [2.45, 2.75) is 25.3 Å². The number of hydrogen-bond donors (Lipinski definition) is 1. The van der Waals surface area contributed by atoms with Gasteiger partial charge >= 0.3 is 0 Å². The Morgan fingerprint density at radius 3 is 3.14 bits per heavy atom. The second kappa shape index (κ2) is 4.96. The Kier molecular flexibility index (Phi) is 2.95. The third-order valence-electron chi connectivity index (χ3n) is 3.81. The molecule has 0 amide bonds. The summed E-state index contributed by atoms with van der Waals surface area (Å²) in [6.07, 6.45) is 8.71. The Hall–Kier alpha value is -2.22. The minimum atomic E-state index is -0.139. The van der Waals surface area contributed by atoms with Crippen LogP contribution in [0.3, 0.4) is 0 Å². The average Bonchev–Trinajstić information content (AvgIpc) is 3.17. The SMILES string of the molecule is O=c1ccnc2sc(N3CCCC[C@@H]3c3cn[nH]c3)nn12. The predicted octanol–water partition coefficient (Wildman–Crippen LogP) is 1.61. The maximum absolute atomic E-state index is 11.8. The second-order valence-electron chi connectivity index (χ2n) is 5.10. The number of rotatable bonds is 2.